The largest absolute Gasteiger partial charge is 0.353 e. The molecule has 29 heavy (non-hydrogen) atoms. The predicted molar refractivity (Wildman–Crippen MR) is 114 cm³/mol. The summed E-state index contributed by atoms with van der Waals surface area (Å²) in [4.78, 5) is 37.7. The van der Waals surface area contributed by atoms with Gasteiger partial charge >= 0.3 is 0 Å². The van der Waals surface area contributed by atoms with Gasteiger partial charge in [0.15, 0.2) is 0 Å². The lowest BCUT2D eigenvalue weighted by Gasteiger charge is -2.31. The van der Waals surface area contributed by atoms with Crippen molar-refractivity contribution in [1.29, 1.82) is 0 Å². The third kappa shape index (κ3) is 6.97. The van der Waals surface area contributed by atoms with Crippen LogP contribution >= 0.6 is 0 Å². The summed E-state index contributed by atoms with van der Waals surface area (Å²) < 4.78 is 0. The molecule has 0 aromatic rings. The number of carbonyl (C=O) groups excluding carboxylic acids is 3. The van der Waals surface area contributed by atoms with Crippen molar-refractivity contribution in [1.82, 2.24) is 10.2 Å². The highest BCUT2D eigenvalue weighted by Gasteiger charge is 2.31. The molecule has 1 heterocycles. The van der Waals surface area contributed by atoms with Crippen molar-refractivity contribution in [3.8, 4) is 0 Å². The minimum atomic E-state index is -0.197. The number of nitrogens with one attached hydrogen (secondary N) is 1. The number of imide groups is 1. The van der Waals surface area contributed by atoms with E-state index in [-0.39, 0.29) is 23.6 Å². The average Bonchev–Trinajstić information content (AvgIpc) is 3.02. The highest BCUT2D eigenvalue weighted by molar-refractivity contribution is 6.12. The number of nitrogens with zero attached hydrogens (tertiary/aromatic N) is 1. The van der Waals surface area contributed by atoms with Crippen LogP contribution in [0.3, 0.4) is 0 Å². The number of rotatable bonds is 4. The van der Waals surface area contributed by atoms with Crippen molar-refractivity contribution >= 4 is 17.7 Å². The second-order valence-electron chi connectivity index (χ2n) is 9.30. The van der Waals surface area contributed by atoms with Crippen molar-refractivity contribution in [2.75, 3.05) is 6.54 Å². The zero-order valence-corrected chi connectivity index (χ0v) is 17.9. The van der Waals surface area contributed by atoms with Crippen LogP contribution in [0.5, 0.6) is 0 Å². The summed E-state index contributed by atoms with van der Waals surface area (Å²) in [6, 6.07) is 0.338. The molecular formula is C24H38N2O3. The Morgan fingerprint density at radius 1 is 0.759 bits per heavy atom. The van der Waals surface area contributed by atoms with Crippen LogP contribution in [0.25, 0.3) is 0 Å². The first-order valence-corrected chi connectivity index (χ1v) is 12.0. The zero-order chi connectivity index (χ0) is 20.5. The van der Waals surface area contributed by atoms with Crippen LogP contribution in [0.15, 0.2) is 12.2 Å². The summed E-state index contributed by atoms with van der Waals surface area (Å²) in [6.07, 6.45) is 20.3. The Balaban J connectivity index is 1.40. The maximum atomic E-state index is 12.9. The van der Waals surface area contributed by atoms with Crippen molar-refractivity contribution < 1.29 is 14.4 Å². The van der Waals surface area contributed by atoms with E-state index in [9.17, 15) is 14.4 Å². The molecule has 3 rings (SSSR count). The van der Waals surface area contributed by atoms with E-state index in [1.807, 2.05) is 0 Å². The van der Waals surface area contributed by atoms with Crippen molar-refractivity contribution in [2.45, 2.75) is 102 Å². The van der Waals surface area contributed by atoms with E-state index >= 15 is 0 Å². The van der Waals surface area contributed by atoms with Gasteiger partial charge in [-0.1, -0.05) is 57.8 Å². The van der Waals surface area contributed by atoms with E-state index in [0.717, 1.165) is 38.5 Å². The molecule has 2 aliphatic carbocycles. The Kier molecular flexibility index (Phi) is 8.75. The molecule has 5 heteroatoms. The van der Waals surface area contributed by atoms with Crippen LogP contribution in [0.2, 0.25) is 0 Å². The van der Waals surface area contributed by atoms with E-state index in [0.29, 0.717) is 18.5 Å². The van der Waals surface area contributed by atoms with Gasteiger partial charge in [-0.2, -0.15) is 0 Å². The molecule has 0 unspecified atom stereocenters. The summed E-state index contributed by atoms with van der Waals surface area (Å²) in [5.74, 6) is 0.259. The van der Waals surface area contributed by atoms with Gasteiger partial charge < -0.3 is 5.32 Å². The molecule has 1 N–H and O–H groups in total. The van der Waals surface area contributed by atoms with Crippen LogP contribution < -0.4 is 5.32 Å². The van der Waals surface area contributed by atoms with Gasteiger partial charge in [0, 0.05) is 30.7 Å². The van der Waals surface area contributed by atoms with E-state index in [2.05, 4.69) is 5.32 Å². The van der Waals surface area contributed by atoms with Crippen LogP contribution in [-0.2, 0) is 14.4 Å². The van der Waals surface area contributed by atoms with Gasteiger partial charge in [-0.3, -0.25) is 19.3 Å². The molecular weight excluding hydrogens is 364 g/mol. The van der Waals surface area contributed by atoms with Crippen LogP contribution in [0.4, 0.5) is 0 Å². The second kappa shape index (κ2) is 11.5. The minimum absolute atomic E-state index is 0.0933. The van der Waals surface area contributed by atoms with Crippen LogP contribution in [0, 0.1) is 11.8 Å². The fraction of sp³-hybridized carbons (Fsp3) is 0.792. The first-order chi connectivity index (χ1) is 14.1. The molecule has 5 nitrogen and oxygen atoms in total. The lowest BCUT2D eigenvalue weighted by Crippen LogP contribution is -2.41. The summed E-state index contributed by atoms with van der Waals surface area (Å²) >= 11 is 0. The first-order valence-electron chi connectivity index (χ1n) is 12.0. The quantitative estimate of drug-likeness (QED) is 0.704. The maximum absolute atomic E-state index is 12.9. The fourth-order valence-corrected chi connectivity index (χ4v) is 5.10. The third-order valence-corrected chi connectivity index (χ3v) is 7.01. The Morgan fingerprint density at radius 2 is 1.24 bits per heavy atom. The normalized spacial score (nSPS) is 28.1. The smallest absolute Gasteiger partial charge is 0.253 e. The molecule has 2 fully saturated rings. The number of carbonyl (C=O) groups is 3. The summed E-state index contributed by atoms with van der Waals surface area (Å²) in [6.45, 7) is 0.502. The second-order valence-corrected chi connectivity index (χ2v) is 9.30. The summed E-state index contributed by atoms with van der Waals surface area (Å²) in [5, 5.41) is 3.38. The van der Waals surface area contributed by atoms with Gasteiger partial charge in [0.05, 0.1) is 0 Å². The monoisotopic (exact) mass is 402 g/mol. The molecule has 0 spiro atoms. The Hall–Kier alpha value is -1.65. The number of hydrogen-bond acceptors (Lipinski definition) is 3. The molecule has 162 valence electrons. The predicted octanol–water partition coefficient (Wildman–Crippen LogP) is 4.51. The zero-order valence-electron chi connectivity index (χ0n) is 17.9. The fourth-order valence-electron chi connectivity index (χ4n) is 5.10. The van der Waals surface area contributed by atoms with Crippen molar-refractivity contribution in [3.63, 3.8) is 0 Å². The highest BCUT2D eigenvalue weighted by atomic mass is 16.2. The van der Waals surface area contributed by atoms with E-state index in [1.54, 1.807) is 0 Å². The van der Waals surface area contributed by atoms with Crippen LogP contribution in [-0.4, -0.2) is 35.2 Å². The molecule has 3 aliphatic rings. The topological polar surface area (TPSA) is 66.5 Å². The van der Waals surface area contributed by atoms with E-state index in [4.69, 9.17) is 0 Å². The summed E-state index contributed by atoms with van der Waals surface area (Å²) in [5.41, 5.74) is 0. The molecule has 0 bridgehead atoms. The lowest BCUT2D eigenvalue weighted by molar-refractivity contribution is -0.138. The van der Waals surface area contributed by atoms with Gasteiger partial charge in [0.2, 0.25) is 5.91 Å². The van der Waals surface area contributed by atoms with Gasteiger partial charge in [-0.15, -0.1) is 0 Å². The molecule has 0 aromatic carbocycles. The molecule has 0 radical (unpaired) electrons. The average molecular weight is 403 g/mol. The Morgan fingerprint density at radius 3 is 1.76 bits per heavy atom. The molecule has 0 atom stereocenters. The maximum Gasteiger partial charge on any atom is 0.253 e. The summed E-state index contributed by atoms with van der Waals surface area (Å²) in [7, 11) is 0. The minimum Gasteiger partial charge on any atom is -0.353 e. The van der Waals surface area contributed by atoms with Crippen molar-refractivity contribution in [2.24, 2.45) is 11.8 Å². The van der Waals surface area contributed by atoms with Gasteiger partial charge in [-0.05, 0) is 44.4 Å². The standard InChI is InChI=1S/C24H38N2O3/c27-22-16-17-23(28)26(22)18-19-12-14-20(15-13-19)24(29)25-21-10-8-6-4-2-1-3-5-7-9-11-21/h16-17,19-21H,1-15,18H2,(H,25,29). The Bertz CT molecular complexity index is 563. The molecule has 2 saturated carbocycles. The van der Waals surface area contributed by atoms with Gasteiger partial charge in [-0.25, -0.2) is 0 Å². The lowest BCUT2D eigenvalue weighted by atomic mass is 9.81. The Labute approximate surface area is 175 Å². The van der Waals surface area contributed by atoms with Crippen LogP contribution in [0.1, 0.15) is 96.3 Å². The molecule has 1 aliphatic heterocycles. The third-order valence-electron chi connectivity index (χ3n) is 7.01. The molecule has 0 aromatic heterocycles. The molecule has 0 saturated heterocycles. The van der Waals surface area contributed by atoms with Gasteiger partial charge in [0.1, 0.15) is 0 Å². The number of amides is 3. The van der Waals surface area contributed by atoms with Crippen molar-refractivity contribution in [3.05, 3.63) is 12.2 Å². The molecule has 3 amide bonds. The number of hydrogen-bond donors (Lipinski definition) is 1. The highest BCUT2D eigenvalue weighted by Crippen LogP contribution is 2.30. The van der Waals surface area contributed by atoms with Gasteiger partial charge in [0.25, 0.3) is 11.8 Å². The van der Waals surface area contributed by atoms with E-state index < -0.39 is 0 Å². The SMILES string of the molecule is O=C(NC1CCCCCCCCCCC1)C1CCC(CN2C(=O)C=CC2=O)CC1. The van der Waals surface area contributed by atoms with E-state index in [1.165, 1.54) is 74.8 Å². The first kappa shape index (κ1) is 22.0.